The highest BCUT2D eigenvalue weighted by molar-refractivity contribution is 9.10. The van der Waals surface area contributed by atoms with Gasteiger partial charge in [0.05, 0.1) is 67.9 Å². The van der Waals surface area contributed by atoms with Crippen LogP contribution in [0.1, 0.15) is 181 Å². The molecule has 1 fully saturated rings. The van der Waals surface area contributed by atoms with Gasteiger partial charge in [-0.1, -0.05) is 132 Å². The van der Waals surface area contributed by atoms with Gasteiger partial charge < -0.3 is 28.4 Å². The van der Waals surface area contributed by atoms with E-state index in [-0.39, 0.29) is 93.5 Å². The Morgan fingerprint density at radius 2 is 0.496 bits per heavy atom. The molecule has 12 aromatic carbocycles. The van der Waals surface area contributed by atoms with Crippen molar-refractivity contribution in [3.05, 3.63) is 408 Å². The van der Waals surface area contributed by atoms with E-state index in [0.29, 0.717) is 49.0 Å². The third kappa shape index (κ3) is 27.6. The van der Waals surface area contributed by atoms with Gasteiger partial charge in [-0.05, 0) is 335 Å². The average molecular weight is 1840 g/mol. The predicted molar refractivity (Wildman–Crippen MR) is 512 cm³/mol. The molecule has 0 saturated heterocycles. The van der Waals surface area contributed by atoms with Crippen molar-refractivity contribution < 1.29 is 58.0 Å². The molecule has 0 aromatic heterocycles. The third-order valence-corrected chi connectivity index (χ3v) is 24.1. The van der Waals surface area contributed by atoms with E-state index in [1.54, 1.807) is 54.6 Å². The van der Waals surface area contributed by atoms with Gasteiger partial charge in [-0.2, -0.15) is 0 Å². The van der Waals surface area contributed by atoms with Crippen LogP contribution in [-0.2, 0) is 46.1 Å². The molecule has 0 atom stereocenters. The molecule has 676 valence electrons. The standard InChI is InChI=1S/C19H21NO3.C18H21NO3.2C17H19NO3.C16H16BrNO3.C16H16ClNO3/c1-12-9-14(3)19(10-13(12)2)23-11-17-16(15-7-8-15)5-4-6-18(17)20(21)22;1-5-15-7-6-8-17(19(20)21)16(15)11-22-18-10-13(3)12(2)9-14(18)4;2*1-11-6-5-7-16(18(19)20)15(11)10-21-17-9-13(3)12(2)8-14(17)4;2*1-10-7-12(3)16(8-11(10)2)21-9-13-14(17)5-4-6-15(13)18(19)20/h4-6,9-10,15H,7-8,11H2,1-3H3;6-10H,5,11H2,1-4H3;2*5-9H,10H2,1-4H3;2*4-8H,9H2,1-3H3. The summed E-state index contributed by atoms with van der Waals surface area (Å²) in [4.78, 5) is 64.7. The van der Waals surface area contributed by atoms with Gasteiger partial charge in [0.2, 0.25) is 0 Å². The van der Waals surface area contributed by atoms with Gasteiger partial charge >= 0.3 is 0 Å². The minimum atomic E-state index is -0.447. The highest BCUT2D eigenvalue weighted by Gasteiger charge is 2.31. The van der Waals surface area contributed by atoms with Crippen LogP contribution in [0.25, 0.3) is 0 Å². The summed E-state index contributed by atoms with van der Waals surface area (Å²) in [6.07, 6.45) is 2.96. The molecule has 1 aliphatic rings. The molecule has 0 radical (unpaired) electrons. The highest BCUT2D eigenvalue weighted by atomic mass is 79.9. The van der Waals surface area contributed by atoms with Crippen LogP contribution in [0.5, 0.6) is 34.5 Å². The summed E-state index contributed by atoms with van der Waals surface area (Å²) in [5.74, 6) is 5.05. The lowest BCUT2D eigenvalue weighted by Crippen LogP contribution is -2.05. The van der Waals surface area contributed by atoms with Gasteiger partial charge in [0, 0.05) is 40.9 Å². The number of nitro groups is 6. The molecular formula is C103H112BrClN6O18. The fourth-order valence-corrected chi connectivity index (χ4v) is 14.9. The summed E-state index contributed by atoms with van der Waals surface area (Å²) < 4.78 is 35.7. The molecule has 0 unspecified atom stereocenters. The number of halogens is 2. The molecular weight excluding hydrogens is 1720 g/mol. The molecule has 26 heteroatoms. The summed E-state index contributed by atoms with van der Waals surface area (Å²) in [6, 6.07) is 54.4. The van der Waals surface area contributed by atoms with Crippen molar-refractivity contribution in [2.24, 2.45) is 0 Å². The normalized spacial score (nSPS) is 11.1. The van der Waals surface area contributed by atoms with Crippen molar-refractivity contribution >= 4 is 61.7 Å². The Morgan fingerprint density at radius 1 is 0.271 bits per heavy atom. The van der Waals surface area contributed by atoms with Crippen LogP contribution in [-0.4, -0.2) is 29.5 Å². The molecule has 1 aliphatic carbocycles. The second-order valence-corrected chi connectivity index (χ2v) is 33.8. The number of benzene rings is 12. The maximum absolute atomic E-state index is 11.3. The Kier molecular flexibility index (Phi) is 36.3. The van der Waals surface area contributed by atoms with E-state index in [4.69, 9.17) is 40.0 Å². The van der Waals surface area contributed by atoms with E-state index in [1.807, 2.05) is 184 Å². The molecule has 0 amide bonds. The Hall–Kier alpha value is -13.4. The molecule has 24 nitrogen and oxygen atoms in total. The van der Waals surface area contributed by atoms with Crippen LogP contribution in [0, 0.1) is 199 Å². The number of ether oxygens (including phenoxy) is 6. The molecule has 0 aliphatic heterocycles. The monoisotopic (exact) mass is 1830 g/mol. The lowest BCUT2D eigenvalue weighted by molar-refractivity contribution is -0.386. The van der Waals surface area contributed by atoms with E-state index in [0.717, 1.165) is 143 Å². The van der Waals surface area contributed by atoms with E-state index in [9.17, 15) is 60.7 Å². The number of rotatable bonds is 26. The van der Waals surface area contributed by atoms with Crippen LogP contribution in [0.15, 0.2) is 186 Å². The van der Waals surface area contributed by atoms with Crippen LogP contribution in [0.2, 0.25) is 5.02 Å². The van der Waals surface area contributed by atoms with Gasteiger partial charge in [0.15, 0.2) is 0 Å². The lowest BCUT2D eigenvalue weighted by atomic mass is 10.0. The average Bonchev–Trinajstić information content (AvgIpc) is 1.65. The SMILES string of the molecule is CCc1cccc([N+](=O)[O-])c1COc1cc(C)c(C)cc1C.Cc1cc(C)c(OCc2c(Br)cccc2[N+](=O)[O-])cc1C.Cc1cc(C)c(OCc2c(C)cccc2[N+](=O)[O-])cc1C.Cc1cc(C)c(OCc2c(C)cccc2[N+](=O)[O-])cc1C.Cc1cc(C)c(OCc2c(C3CC3)cccc2[N+](=O)[O-])cc1C.Cc1cc(C)c(OCc2c(Cl)cccc2[N+](=O)[O-])cc1C. The number of nitro benzene ring substituents is 6. The molecule has 13 rings (SSSR count). The smallest absolute Gasteiger partial charge is 0.277 e. The largest absolute Gasteiger partial charge is 0.488 e. The van der Waals surface area contributed by atoms with E-state index < -0.39 is 9.85 Å². The molecule has 0 spiro atoms. The second kappa shape index (κ2) is 46.4. The van der Waals surface area contributed by atoms with E-state index >= 15 is 0 Å². The zero-order valence-corrected chi connectivity index (χ0v) is 79.4. The highest BCUT2D eigenvalue weighted by Crippen LogP contribution is 2.45. The third-order valence-electron chi connectivity index (χ3n) is 23.0. The van der Waals surface area contributed by atoms with Gasteiger partial charge in [0.1, 0.15) is 74.1 Å². The quantitative estimate of drug-likeness (QED) is 0.0359. The Labute approximate surface area is 767 Å². The fraction of sp³-hybridized carbons (Fsp3) is 0.301. The van der Waals surface area contributed by atoms with Crippen molar-refractivity contribution in [1.29, 1.82) is 0 Å². The second-order valence-electron chi connectivity index (χ2n) is 32.5. The molecule has 12 aromatic rings. The van der Waals surface area contributed by atoms with Crippen LogP contribution in [0.3, 0.4) is 0 Å². The molecule has 1 saturated carbocycles. The van der Waals surface area contributed by atoms with E-state index in [2.05, 4.69) is 74.0 Å². The van der Waals surface area contributed by atoms with Gasteiger partial charge in [-0.25, -0.2) is 0 Å². The first-order valence-electron chi connectivity index (χ1n) is 42.0. The van der Waals surface area contributed by atoms with Crippen LogP contribution >= 0.6 is 27.5 Å². The Balaban J connectivity index is 0.000000191. The number of hydrogen-bond acceptors (Lipinski definition) is 18. The van der Waals surface area contributed by atoms with Crippen molar-refractivity contribution in [2.45, 2.75) is 210 Å². The number of nitrogens with zero attached hydrogens (tertiary/aromatic N) is 6. The maximum Gasteiger partial charge on any atom is 0.277 e. The van der Waals surface area contributed by atoms with Crippen LogP contribution in [0.4, 0.5) is 34.1 Å². The summed E-state index contributed by atoms with van der Waals surface area (Å²) in [6.45, 7) is 43.1. The van der Waals surface area contributed by atoms with Gasteiger partial charge in [-0.3, -0.25) is 60.7 Å². The summed E-state index contributed by atoms with van der Waals surface area (Å²) in [7, 11) is 0. The molecule has 0 N–H and O–H groups in total. The Bertz CT molecular complexity index is 5680. The number of hydrogen-bond donors (Lipinski definition) is 0. The van der Waals surface area contributed by atoms with Crippen molar-refractivity contribution in [3.8, 4) is 34.5 Å². The summed E-state index contributed by atoms with van der Waals surface area (Å²) in [5.41, 5.74) is 28.1. The molecule has 0 bridgehead atoms. The zero-order chi connectivity index (χ0) is 95.1. The first kappa shape index (κ1) is 101. The predicted octanol–water partition coefficient (Wildman–Crippen LogP) is 28.1. The van der Waals surface area contributed by atoms with Gasteiger partial charge in [0.25, 0.3) is 34.1 Å². The summed E-state index contributed by atoms with van der Waals surface area (Å²) in [5, 5.41) is 67.2. The Morgan fingerprint density at radius 3 is 0.798 bits per heavy atom. The fourth-order valence-electron chi connectivity index (χ4n) is 14.2. The van der Waals surface area contributed by atoms with Crippen molar-refractivity contribution in [2.75, 3.05) is 0 Å². The van der Waals surface area contributed by atoms with Crippen LogP contribution < -0.4 is 28.4 Å². The molecule has 0 heterocycles. The maximum atomic E-state index is 11.3. The van der Waals surface area contributed by atoms with Gasteiger partial charge in [-0.15, -0.1) is 0 Å². The topological polar surface area (TPSA) is 314 Å². The van der Waals surface area contributed by atoms with Crippen molar-refractivity contribution in [1.82, 2.24) is 0 Å². The summed E-state index contributed by atoms with van der Waals surface area (Å²) >= 11 is 9.40. The zero-order valence-electron chi connectivity index (χ0n) is 77.0. The molecule has 129 heavy (non-hydrogen) atoms. The number of aryl methyl sites for hydroxylation is 21. The van der Waals surface area contributed by atoms with E-state index in [1.165, 1.54) is 63.7 Å². The minimum absolute atomic E-state index is 0.0241. The van der Waals surface area contributed by atoms with Crippen molar-refractivity contribution in [3.63, 3.8) is 0 Å². The first-order valence-corrected chi connectivity index (χ1v) is 43.2. The minimum Gasteiger partial charge on any atom is -0.488 e. The lowest BCUT2D eigenvalue weighted by Gasteiger charge is -2.14. The first-order chi connectivity index (χ1) is 61.0.